The minimum Gasteiger partial charge on any atom is -0.490 e. The Morgan fingerprint density at radius 3 is 2.63 bits per heavy atom. The number of hydrogen-bond donors (Lipinski definition) is 1. The molecule has 0 aliphatic carbocycles. The van der Waals surface area contributed by atoms with Gasteiger partial charge in [0, 0.05) is 6.07 Å². The van der Waals surface area contributed by atoms with Crippen molar-refractivity contribution in [2.75, 3.05) is 6.61 Å². The van der Waals surface area contributed by atoms with Crippen molar-refractivity contribution >= 4 is 5.69 Å². The lowest BCUT2D eigenvalue weighted by Crippen LogP contribution is -2.18. The molecule has 0 heterocycles. The van der Waals surface area contributed by atoms with Gasteiger partial charge in [-0.05, 0) is 31.7 Å². The molecule has 0 aromatic heterocycles. The smallest absolute Gasteiger partial charge is 0.276 e. The molecular formula is C14H21NO4. The monoisotopic (exact) mass is 267 g/mol. The third kappa shape index (κ3) is 4.87. The van der Waals surface area contributed by atoms with Crippen LogP contribution in [-0.4, -0.2) is 22.7 Å². The largest absolute Gasteiger partial charge is 0.490 e. The molecule has 1 aromatic carbocycles. The van der Waals surface area contributed by atoms with E-state index in [2.05, 4.69) is 13.8 Å². The van der Waals surface area contributed by atoms with Gasteiger partial charge < -0.3 is 9.84 Å². The molecule has 0 radical (unpaired) electrons. The molecule has 0 saturated carbocycles. The van der Waals surface area contributed by atoms with E-state index >= 15 is 0 Å². The summed E-state index contributed by atoms with van der Waals surface area (Å²) in [4.78, 5) is 10.4. The number of rotatable bonds is 7. The van der Waals surface area contributed by atoms with Crippen LogP contribution in [0.2, 0.25) is 0 Å². The summed E-state index contributed by atoms with van der Waals surface area (Å²) in [5, 5.41) is 20.6. The van der Waals surface area contributed by atoms with Crippen LogP contribution in [0.5, 0.6) is 5.75 Å². The van der Waals surface area contributed by atoms with Crippen molar-refractivity contribution in [2.24, 2.45) is 5.92 Å². The number of ether oxygens (including phenoxy) is 1. The standard InChI is InChI=1S/C14H21NO4/c1-10(2)7-8-12(16)9-19-14-6-4-5-13(11(14)3)15(17)18/h4-6,10,12,16H,7-9H2,1-3H3. The molecule has 1 unspecified atom stereocenters. The highest BCUT2D eigenvalue weighted by molar-refractivity contribution is 5.48. The average molecular weight is 267 g/mol. The van der Waals surface area contributed by atoms with Gasteiger partial charge >= 0.3 is 0 Å². The third-order valence-corrected chi connectivity index (χ3v) is 2.96. The van der Waals surface area contributed by atoms with Gasteiger partial charge in [-0.15, -0.1) is 0 Å². The van der Waals surface area contributed by atoms with Gasteiger partial charge in [-0.1, -0.05) is 19.9 Å². The lowest BCUT2D eigenvalue weighted by Gasteiger charge is -2.14. The summed E-state index contributed by atoms with van der Waals surface area (Å²) in [6.45, 7) is 6.00. The van der Waals surface area contributed by atoms with E-state index in [-0.39, 0.29) is 12.3 Å². The molecule has 0 fully saturated rings. The fraction of sp³-hybridized carbons (Fsp3) is 0.571. The minimum absolute atomic E-state index is 0.0363. The van der Waals surface area contributed by atoms with Crippen LogP contribution in [0.3, 0.4) is 0 Å². The second kappa shape index (κ2) is 7.09. The lowest BCUT2D eigenvalue weighted by atomic mass is 10.1. The molecule has 106 valence electrons. The molecule has 0 aliphatic heterocycles. The van der Waals surface area contributed by atoms with Gasteiger partial charge in [0.25, 0.3) is 5.69 Å². The first-order valence-corrected chi connectivity index (χ1v) is 6.46. The number of aliphatic hydroxyl groups is 1. The van der Waals surface area contributed by atoms with Crippen LogP contribution in [0.15, 0.2) is 18.2 Å². The highest BCUT2D eigenvalue weighted by Crippen LogP contribution is 2.27. The second-order valence-corrected chi connectivity index (χ2v) is 5.09. The predicted octanol–water partition coefficient (Wildman–Crippen LogP) is 3.08. The minimum atomic E-state index is -0.541. The van der Waals surface area contributed by atoms with E-state index < -0.39 is 11.0 Å². The van der Waals surface area contributed by atoms with Crippen LogP contribution in [0, 0.1) is 23.0 Å². The molecule has 1 aromatic rings. The van der Waals surface area contributed by atoms with Gasteiger partial charge in [-0.25, -0.2) is 0 Å². The van der Waals surface area contributed by atoms with Crippen molar-refractivity contribution in [1.29, 1.82) is 0 Å². The quantitative estimate of drug-likeness (QED) is 0.608. The van der Waals surface area contributed by atoms with Crippen LogP contribution in [-0.2, 0) is 0 Å². The number of aliphatic hydroxyl groups excluding tert-OH is 1. The Kier molecular flexibility index (Phi) is 5.76. The molecular weight excluding hydrogens is 246 g/mol. The van der Waals surface area contributed by atoms with E-state index in [4.69, 9.17) is 4.74 Å². The normalized spacial score (nSPS) is 12.5. The summed E-state index contributed by atoms with van der Waals surface area (Å²) in [7, 11) is 0. The second-order valence-electron chi connectivity index (χ2n) is 5.09. The van der Waals surface area contributed by atoms with Gasteiger partial charge in [0.2, 0.25) is 0 Å². The zero-order chi connectivity index (χ0) is 14.4. The Labute approximate surface area is 113 Å². The summed E-state index contributed by atoms with van der Waals surface area (Å²) in [5.41, 5.74) is 0.526. The van der Waals surface area contributed by atoms with Crippen molar-refractivity contribution in [3.8, 4) is 5.75 Å². The Balaban J connectivity index is 2.58. The van der Waals surface area contributed by atoms with Gasteiger partial charge in [0.05, 0.1) is 16.6 Å². The van der Waals surface area contributed by atoms with Crippen LogP contribution in [0.1, 0.15) is 32.3 Å². The van der Waals surface area contributed by atoms with Crippen molar-refractivity contribution in [2.45, 2.75) is 39.7 Å². The molecule has 1 N–H and O–H groups in total. The van der Waals surface area contributed by atoms with E-state index in [1.807, 2.05) is 0 Å². The summed E-state index contributed by atoms with van der Waals surface area (Å²) in [5.74, 6) is 0.993. The lowest BCUT2D eigenvalue weighted by molar-refractivity contribution is -0.385. The molecule has 0 amide bonds. The molecule has 0 aliphatic rings. The molecule has 0 spiro atoms. The Morgan fingerprint density at radius 2 is 2.05 bits per heavy atom. The molecule has 1 rings (SSSR count). The summed E-state index contributed by atoms with van der Waals surface area (Å²) in [6.07, 6.45) is 1.06. The van der Waals surface area contributed by atoms with Gasteiger partial charge in [-0.2, -0.15) is 0 Å². The highest BCUT2D eigenvalue weighted by Gasteiger charge is 2.15. The molecule has 0 bridgehead atoms. The van der Waals surface area contributed by atoms with Gasteiger partial charge in [0.15, 0.2) is 0 Å². The van der Waals surface area contributed by atoms with Crippen molar-refractivity contribution in [3.05, 3.63) is 33.9 Å². The van der Waals surface area contributed by atoms with E-state index in [1.165, 1.54) is 6.07 Å². The first-order chi connectivity index (χ1) is 8.91. The first-order valence-electron chi connectivity index (χ1n) is 6.46. The maximum absolute atomic E-state index is 10.8. The first kappa shape index (κ1) is 15.4. The number of nitro benzene ring substituents is 1. The Hall–Kier alpha value is -1.62. The molecule has 1 atom stereocenters. The maximum Gasteiger partial charge on any atom is 0.276 e. The topological polar surface area (TPSA) is 72.6 Å². The van der Waals surface area contributed by atoms with Crippen LogP contribution >= 0.6 is 0 Å². The number of nitrogens with zero attached hydrogens (tertiary/aromatic N) is 1. The highest BCUT2D eigenvalue weighted by atomic mass is 16.6. The zero-order valence-electron chi connectivity index (χ0n) is 11.6. The van der Waals surface area contributed by atoms with E-state index in [9.17, 15) is 15.2 Å². The Bertz CT molecular complexity index is 431. The Morgan fingerprint density at radius 1 is 1.37 bits per heavy atom. The SMILES string of the molecule is Cc1c(OCC(O)CCC(C)C)cccc1[N+](=O)[O-]. The number of benzene rings is 1. The summed E-state index contributed by atoms with van der Waals surface area (Å²) in [6, 6.07) is 4.70. The molecule has 5 nitrogen and oxygen atoms in total. The van der Waals surface area contributed by atoms with Crippen molar-refractivity contribution < 1.29 is 14.8 Å². The van der Waals surface area contributed by atoms with E-state index in [0.717, 1.165) is 6.42 Å². The van der Waals surface area contributed by atoms with E-state index in [0.29, 0.717) is 23.7 Å². The van der Waals surface area contributed by atoms with Crippen molar-refractivity contribution in [1.82, 2.24) is 0 Å². The molecule has 5 heteroatoms. The van der Waals surface area contributed by atoms with Gasteiger partial charge in [0.1, 0.15) is 12.4 Å². The number of nitro groups is 1. The molecule has 0 saturated heterocycles. The predicted molar refractivity (Wildman–Crippen MR) is 73.4 cm³/mol. The molecule has 19 heavy (non-hydrogen) atoms. The maximum atomic E-state index is 10.8. The van der Waals surface area contributed by atoms with Crippen molar-refractivity contribution in [3.63, 3.8) is 0 Å². The summed E-state index contributed by atoms with van der Waals surface area (Å²) >= 11 is 0. The summed E-state index contributed by atoms with van der Waals surface area (Å²) < 4.78 is 5.47. The third-order valence-electron chi connectivity index (χ3n) is 2.96. The number of hydrogen-bond acceptors (Lipinski definition) is 4. The van der Waals surface area contributed by atoms with Gasteiger partial charge in [-0.3, -0.25) is 10.1 Å². The van der Waals surface area contributed by atoms with Crippen LogP contribution in [0.4, 0.5) is 5.69 Å². The van der Waals surface area contributed by atoms with E-state index in [1.54, 1.807) is 19.1 Å². The average Bonchev–Trinajstić information content (AvgIpc) is 2.34. The fourth-order valence-corrected chi connectivity index (χ4v) is 1.75. The van der Waals surface area contributed by atoms with Crippen LogP contribution < -0.4 is 4.74 Å². The fourth-order valence-electron chi connectivity index (χ4n) is 1.75. The zero-order valence-corrected chi connectivity index (χ0v) is 11.6. The van der Waals surface area contributed by atoms with Crippen LogP contribution in [0.25, 0.3) is 0 Å².